The van der Waals surface area contributed by atoms with Crippen molar-refractivity contribution in [3.8, 4) is 0 Å². The number of ether oxygens (including phenoxy) is 1. The highest BCUT2D eigenvalue weighted by Gasteiger charge is 2.27. The molecule has 1 aromatic carbocycles. The molecule has 1 fully saturated rings. The molecule has 1 aromatic rings. The van der Waals surface area contributed by atoms with Gasteiger partial charge in [-0.15, -0.1) is 0 Å². The first-order chi connectivity index (χ1) is 16.9. The Kier molecular flexibility index (Phi) is 12.4. The number of anilines is 1. The first kappa shape index (κ1) is 30.9. The van der Waals surface area contributed by atoms with Crippen molar-refractivity contribution in [2.75, 3.05) is 11.4 Å². The first-order valence-corrected chi connectivity index (χ1v) is 12.9. The van der Waals surface area contributed by atoms with Gasteiger partial charge in [-0.25, -0.2) is 0 Å². The van der Waals surface area contributed by atoms with Crippen LogP contribution < -0.4 is 4.90 Å². The first-order valence-electron chi connectivity index (χ1n) is 12.9. The van der Waals surface area contributed by atoms with Crippen molar-refractivity contribution < 1.29 is 14.3 Å². The van der Waals surface area contributed by atoms with Crippen LogP contribution in [0.2, 0.25) is 0 Å². The van der Waals surface area contributed by atoms with Crippen LogP contribution in [0.4, 0.5) is 5.69 Å². The molecule has 36 heavy (non-hydrogen) atoms. The zero-order valence-electron chi connectivity index (χ0n) is 23.8. The van der Waals surface area contributed by atoms with Crippen molar-refractivity contribution in [1.29, 1.82) is 0 Å². The average Bonchev–Trinajstić information content (AvgIpc) is 3.21. The Morgan fingerprint density at radius 3 is 2.25 bits per heavy atom. The predicted molar refractivity (Wildman–Crippen MR) is 153 cm³/mol. The minimum absolute atomic E-state index is 0.0882. The van der Waals surface area contributed by atoms with Crippen molar-refractivity contribution in [1.82, 2.24) is 0 Å². The van der Waals surface area contributed by atoms with Crippen LogP contribution in [-0.2, 0) is 14.3 Å². The summed E-state index contributed by atoms with van der Waals surface area (Å²) >= 11 is 0. The molecule has 0 saturated carbocycles. The SMILES string of the molecule is C=CC(=C\C=C(C)C)/C(=C/C)C/C=C1\CC(=O)N(c2ccc(C(C)C(=O)OC(C)(C)C)cc2)C1.CC. The Morgan fingerprint density at radius 2 is 1.75 bits per heavy atom. The Hall–Kier alpha value is -3.14. The molecule has 4 nitrogen and oxygen atoms in total. The van der Waals surface area contributed by atoms with E-state index in [1.807, 2.05) is 78.8 Å². The van der Waals surface area contributed by atoms with E-state index in [2.05, 4.69) is 44.7 Å². The van der Waals surface area contributed by atoms with Crippen LogP contribution in [0.1, 0.15) is 86.6 Å². The highest BCUT2D eigenvalue weighted by atomic mass is 16.6. The molecule has 0 aliphatic carbocycles. The van der Waals surface area contributed by atoms with Gasteiger partial charge in [-0.3, -0.25) is 9.59 Å². The molecule has 1 heterocycles. The molecule has 196 valence electrons. The third kappa shape index (κ3) is 9.49. The molecule has 0 spiro atoms. The Labute approximate surface area is 219 Å². The maximum Gasteiger partial charge on any atom is 0.313 e. The van der Waals surface area contributed by atoms with Crippen molar-refractivity contribution in [3.05, 3.63) is 89.1 Å². The molecular weight excluding hydrogens is 446 g/mol. The van der Waals surface area contributed by atoms with E-state index in [9.17, 15) is 9.59 Å². The quantitative estimate of drug-likeness (QED) is 0.209. The summed E-state index contributed by atoms with van der Waals surface area (Å²) in [4.78, 5) is 26.9. The number of esters is 1. The summed E-state index contributed by atoms with van der Waals surface area (Å²) in [7, 11) is 0. The monoisotopic (exact) mass is 491 g/mol. The Balaban J connectivity index is 0.00000316. The van der Waals surface area contributed by atoms with Gasteiger partial charge in [0.1, 0.15) is 5.60 Å². The van der Waals surface area contributed by atoms with E-state index in [4.69, 9.17) is 4.74 Å². The summed E-state index contributed by atoms with van der Waals surface area (Å²) in [6, 6.07) is 7.63. The van der Waals surface area contributed by atoms with Gasteiger partial charge < -0.3 is 9.64 Å². The van der Waals surface area contributed by atoms with Crippen LogP contribution in [0.25, 0.3) is 0 Å². The van der Waals surface area contributed by atoms with Gasteiger partial charge in [0.15, 0.2) is 0 Å². The molecular formula is C32H45NO3. The third-order valence-corrected chi connectivity index (χ3v) is 5.65. The van der Waals surface area contributed by atoms with E-state index in [0.717, 1.165) is 28.8 Å². The van der Waals surface area contributed by atoms with Gasteiger partial charge in [0, 0.05) is 18.7 Å². The van der Waals surface area contributed by atoms with Gasteiger partial charge in [-0.2, -0.15) is 0 Å². The normalized spacial score (nSPS) is 16.3. The lowest BCUT2D eigenvalue weighted by Crippen LogP contribution is -2.27. The van der Waals surface area contributed by atoms with E-state index >= 15 is 0 Å². The number of carbonyl (C=O) groups is 2. The van der Waals surface area contributed by atoms with E-state index in [-0.39, 0.29) is 17.8 Å². The topological polar surface area (TPSA) is 46.6 Å². The van der Waals surface area contributed by atoms with Gasteiger partial charge >= 0.3 is 5.97 Å². The Bertz CT molecular complexity index is 1030. The molecule has 1 unspecified atom stereocenters. The van der Waals surface area contributed by atoms with Crippen molar-refractivity contribution in [3.63, 3.8) is 0 Å². The van der Waals surface area contributed by atoms with Crippen LogP contribution in [0.15, 0.2) is 83.5 Å². The second kappa shape index (κ2) is 14.4. The second-order valence-corrected chi connectivity index (χ2v) is 9.95. The fourth-order valence-corrected chi connectivity index (χ4v) is 3.70. The minimum atomic E-state index is -0.517. The van der Waals surface area contributed by atoms with Gasteiger partial charge in [0.2, 0.25) is 5.91 Å². The zero-order valence-corrected chi connectivity index (χ0v) is 23.8. The smallest absolute Gasteiger partial charge is 0.313 e. The molecule has 1 amide bonds. The molecule has 0 N–H and O–H groups in total. The van der Waals surface area contributed by atoms with Crippen LogP contribution >= 0.6 is 0 Å². The molecule has 1 aliphatic rings. The molecule has 1 saturated heterocycles. The summed E-state index contributed by atoms with van der Waals surface area (Å²) in [5, 5.41) is 0. The average molecular weight is 492 g/mol. The van der Waals surface area contributed by atoms with Crippen molar-refractivity contribution in [2.45, 2.75) is 86.7 Å². The zero-order chi connectivity index (χ0) is 27.5. The van der Waals surface area contributed by atoms with Gasteiger partial charge in [0.25, 0.3) is 0 Å². The lowest BCUT2D eigenvalue weighted by Gasteiger charge is -2.23. The summed E-state index contributed by atoms with van der Waals surface area (Å²) in [5.41, 5.74) is 5.82. The number of amides is 1. The van der Waals surface area contributed by atoms with Gasteiger partial charge in [-0.1, -0.05) is 68.5 Å². The fourth-order valence-electron chi connectivity index (χ4n) is 3.70. The van der Waals surface area contributed by atoms with Gasteiger partial charge in [-0.05, 0) is 89.3 Å². The van der Waals surface area contributed by atoms with E-state index in [1.165, 1.54) is 11.1 Å². The molecule has 0 radical (unpaired) electrons. The molecule has 2 rings (SSSR count). The number of hydrogen-bond acceptors (Lipinski definition) is 3. The molecule has 1 aliphatic heterocycles. The van der Waals surface area contributed by atoms with Crippen molar-refractivity contribution in [2.24, 2.45) is 0 Å². The third-order valence-electron chi connectivity index (χ3n) is 5.65. The lowest BCUT2D eigenvalue weighted by molar-refractivity contribution is -0.156. The number of nitrogens with zero attached hydrogens (tertiary/aromatic N) is 1. The van der Waals surface area contributed by atoms with Crippen LogP contribution in [-0.4, -0.2) is 24.0 Å². The molecule has 0 aromatic heterocycles. The van der Waals surface area contributed by atoms with E-state index in [1.54, 1.807) is 4.90 Å². The number of allylic oxidation sites excluding steroid dienone is 8. The standard InChI is InChI=1S/C30H39NO3.C2H6/c1-9-24(13-11-21(3)4)25(10-2)14-12-23-19-28(32)31(20-23)27-17-15-26(16-18-27)22(5)29(33)34-30(6,7)8;1-2/h9-13,15-18,22H,1,14,19-20H2,2-8H3;1-2H3/b23-12+,24-13+,25-10+;. The lowest BCUT2D eigenvalue weighted by atomic mass is 10.00. The Morgan fingerprint density at radius 1 is 1.14 bits per heavy atom. The highest BCUT2D eigenvalue weighted by Crippen LogP contribution is 2.28. The molecule has 4 heteroatoms. The van der Waals surface area contributed by atoms with E-state index < -0.39 is 5.60 Å². The largest absolute Gasteiger partial charge is 0.460 e. The predicted octanol–water partition coefficient (Wildman–Crippen LogP) is 8.24. The summed E-state index contributed by atoms with van der Waals surface area (Å²) in [6.45, 7) is 22.1. The maximum atomic E-state index is 12.7. The molecule has 0 bridgehead atoms. The van der Waals surface area contributed by atoms with Crippen LogP contribution in [0.3, 0.4) is 0 Å². The maximum absolute atomic E-state index is 12.7. The summed E-state index contributed by atoms with van der Waals surface area (Å²) in [5.74, 6) is -0.527. The van der Waals surface area contributed by atoms with E-state index in [0.29, 0.717) is 13.0 Å². The fraction of sp³-hybridized carbons (Fsp3) is 0.438. The van der Waals surface area contributed by atoms with Gasteiger partial charge in [0.05, 0.1) is 5.92 Å². The number of hydrogen-bond donors (Lipinski definition) is 0. The number of carbonyl (C=O) groups excluding carboxylic acids is 2. The highest BCUT2D eigenvalue weighted by molar-refractivity contribution is 5.98. The summed E-state index contributed by atoms with van der Waals surface area (Å²) < 4.78 is 5.49. The minimum Gasteiger partial charge on any atom is -0.460 e. The summed E-state index contributed by atoms with van der Waals surface area (Å²) in [6.07, 6.45) is 11.5. The molecule has 1 atom stereocenters. The van der Waals surface area contributed by atoms with Crippen LogP contribution in [0.5, 0.6) is 0 Å². The van der Waals surface area contributed by atoms with Crippen molar-refractivity contribution >= 4 is 17.6 Å². The number of benzene rings is 1. The number of rotatable bonds is 8. The van der Waals surface area contributed by atoms with Crippen LogP contribution in [0, 0.1) is 0 Å². The second-order valence-electron chi connectivity index (χ2n) is 9.95.